The van der Waals surface area contributed by atoms with Gasteiger partial charge in [0.2, 0.25) is 0 Å². The predicted octanol–water partition coefficient (Wildman–Crippen LogP) is 5.02. The summed E-state index contributed by atoms with van der Waals surface area (Å²) in [5, 5.41) is 3.61. The molecule has 0 fully saturated rings. The summed E-state index contributed by atoms with van der Waals surface area (Å²) in [6, 6.07) is 4.08. The zero-order valence-electron chi connectivity index (χ0n) is 9.76. The molecule has 0 aliphatic carbocycles. The van der Waals surface area contributed by atoms with Gasteiger partial charge in [0.05, 0.1) is 4.47 Å². The third-order valence-corrected chi connectivity index (χ3v) is 4.96. The topological polar surface area (TPSA) is 37.8 Å². The molecule has 0 unspecified atom stereocenters. The minimum absolute atomic E-state index is 0.387. The van der Waals surface area contributed by atoms with Gasteiger partial charge in [-0.2, -0.15) is 0 Å². The summed E-state index contributed by atoms with van der Waals surface area (Å²) >= 11 is 12.8. The van der Waals surface area contributed by atoms with Crippen LogP contribution in [0.3, 0.4) is 0 Å². The lowest BCUT2D eigenvalue weighted by Gasteiger charge is -2.11. The highest BCUT2D eigenvalue weighted by Gasteiger charge is 2.08. The molecule has 1 N–H and O–H groups in total. The molecule has 2 rings (SSSR count). The zero-order chi connectivity index (χ0) is 13.3. The zero-order valence-corrected chi connectivity index (χ0v) is 13.7. The highest BCUT2D eigenvalue weighted by molar-refractivity contribution is 9.11. The molecule has 0 radical (unpaired) electrons. The molecule has 0 aliphatic heterocycles. The standard InChI is InChI=1S/C12H10Br2ClN3/c1-6-3-8(4-7(2)9(6)13)18-12-10(14)11(15)16-5-17-12/h3-5H,1-2H3,(H,16,17,18). The predicted molar refractivity (Wildman–Crippen MR) is 81.6 cm³/mol. The van der Waals surface area contributed by atoms with E-state index in [1.165, 1.54) is 6.33 Å². The molecule has 0 aliphatic rings. The fourth-order valence-corrected chi connectivity index (χ4v) is 2.26. The Morgan fingerprint density at radius 1 is 1.06 bits per heavy atom. The molecule has 0 bridgehead atoms. The molecule has 0 saturated heterocycles. The van der Waals surface area contributed by atoms with Crippen LogP contribution in [-0.2, 0) is 0 Å². The molecule has 18 heavy (non-hydrogen) atoms. The minimum Gasteiger partial charge on any atom is -0.339 e. The number of halogens is 3. The van der Waals surface area contributed by atoms with Crippen molar-refractivity contribution >= 4 is 55.0 Å². The molecule has 6 heteroatoms. The van der Waals surface area contributed by atoms with Gasteiger partial charge >= 0.3 is 0 Å². The van der Waals surface area contributed by atoms with E-state index in [4.69, 9.17) is 11.6 Å². The van der Waals surface area contributed by atoms with Crippen LogP contribution >= 0.6 is 43.5 Å². The lowest BCUT2D eigenvalue weighted by molar-refractivity contribution is 1.15. The Labute approximate surface area is 127 Å². The molecule has 3 nitrogen and oxygen atoms in total. The molecule has 94 valence electrons. The quantitative estimate of drug-likeness (QED) is 0.731. The van der Waals surface area contributed by atoms with Crippen LogP contribution in [0.4, 0.5) is 11.5 Å². The van der Waals surface area contributed by atoms with Crippen molar-refractivity contribution in [3.05, 3.63) is 43.7 Å². The Morgan fingerprint density at radius 2 is 1.67 bits per heavy atom. The minimum atomic E-state index is 0.387. The summed E-state index contributed by atoms with van der Waals surface area (Å²) in [6.45, 7) is 4.09. The van der Waals surface area contributed by atoms with Gasteiger partial charge in [0.25, 0.3) is 0 Å². The van der Waals surface area contributed by atoms with E-state index in [0.29, 0.717) is 15.4 Å². The van der Waals surface area contributed by atoms with Crippen molar-refractivity contribution in [2.45, 2.75) is 13.8 Å². The van der Waals surface area contributed by atoms with E-state index in [2.05, 4.69) is 47.1 Å². The second kappa shape index (κ2) is 5.55. The first-order valence-electron chi connectivity index (χ1n) is 5.19. The van der Waals surface area contributed by atoms with Crippen molar-refractivity contribution < 1.29 is 0 Å². The van der Waals surface area contributed by atoms with E-state index in [1.807, 2.05) is 26.0 Å². The second-order valence-corrected chi connectivity index (χ2v) is 5.82. The maximum atomic E-state index is 5.92. The van der Waals surface area contributed by atoms with Crippen molar-refractivity contribution in [3.63, 3.8) is 0 Å². The Hall–Kier alpha value is -0.650. The third kappa shape index (κ3) is 2.84. The van der Waals surface area contributed by atoms with Crippen LogP contribution in [-0.4, -0.2) is 9.97 Å². The Balaban J connectivity index is 2.37. The molecular weight excluding hydrogens is 381 g/mol. The van der Waals surface area contributed by atoms with E-state index in [0.717, 1.165) is 21.3 Å². The first-order valence-corrected chi connectivity index (χ1v) is 7.15. The fourth-order valence-electron chi connectivity index (χ4n) is 1.59. The molecule has 0 atom stereocenters. The van der Waals surface area contributed by atoms with Crippen molar-refractivity contribution in [3.8, 4) is 0 Å². The second-order valence-electron chi connectivity index (χ2n) is 3.88. The average molecular weight is 391 g/mol. The van der Waals surface area contributed by atoms with Gasteiger partial charge in [-0.25, -0.2) is 9.97 Å². The van der Waals surface area contributed by atoms with E-state index in [1.54, 1.807) is 0 Å². The van der Waals surface area contributed by atoms with Gasteiger partial charge in [-0.1, -0.05) is 27.5 Å². The smallest absolute Gasteiger partial charge is 0.149 e. The monoisotopic (exact) mass is 389 g/mol. The van der Waals surface area contributed by atoms with Gasteiger partial charge in [-0.15, -0.1) is 0 Å². The maximum Gasteiger partial charge on any atom is 0.149 e. The van der Waals surface area contributed by atoms with Crippen LogP contribution in [0, 0.1) is 13.8 Å². The van der Waals surface area contributed by atoms with E-state index in [9.17, 15) is 0 Å². The fraction of sp³-hybridized carbons (Fsp3) is 0.167. The number of nitrogens with one attached hydrogen (secondary N) is 1. The van der Waals surface area contributed by atoms with Crippen molar-refractivity contribution in [1.82, 2.24) is 9.97 Å². The lowest BCUT2D eigenvalue weighted by atomic mass is 10.1. The SMILES string of the molecule is Cc1cc(Nc2ncnc(Cl)c2Br)cc(C)c1Br. The number of benzene rings is 1. The van der Waals surface area contributed by atoms with Gasteiger partial charge < -0.3 is 5.32 Å². The molecule has 0 spiro atoms. The first kappa shape index (κ1) is 13.8. The number of hydrogen-bond donors (Lipinski definition) is 1. The maximum absolute atomic E-state index is 5.92. The summed E-state index contributed by atoms with van der Waals surface area (Å²) in [6.07, 6.45) is 1.42. The van der Waals surface area contributed by atoms with Gasteiger partial charge in [0, 0.05) is 10.2 Å². The van der Waals surface area contributed by atoms with Gasteiger partial charge in [-0.05, 0) is 53.0 Å². The molecule has 0 amide bonds. The highest BCUT2D eigenvalue weighted by atomic mass is 79.9. The van der Waals surface area contributed by atoms with Crippen LogP contribution in [0.2, 0.25) is 5.15 Å². The summed E-state index contributed by atoms with van der Waals surface area (Å²) in [5.74, 6) is 0.649. The number of aryl methyl sites for hydroxylation is 2. The molecule has 1 aromatic carbocycles. The van der Waals surface area contributed by atoms with E-state index in [-0.39, 0.29) is 0 Å². The Morgan fingerprint density at radius 3 is 2.28 bits per heavy atom. The molecule has 1 heterocycles. The summed E-state index contributed by atoms with van der Waals surface area (Å²) < 4.78 is 1.78. The lowest BCUT2D eigenvalue weighted by Crippen LogP contribution is -1.97. The summed E-state index contributed by atoms with van der Waals surface area (Å²) in [4.78, 5) is 8.04. The van der Waals surface area contributed by atoms with Crippen LogP contribution in [0.25, 0.3) is 0 Å². The van der Waals surface area contributed by atoms with Crippen LogP contribution < -0.4 is 5.32 Å². The molecule has 2 aromatic rings. The van der Waals surface area contributed by atoms with Gasteiger partial charge in [-0.3, -0.25) is 0 Å². The molecule has 0 saturated carbocycles. The molecule has 1 aromatic heterocycles. The number of nitrogens with zero attached hydrogens (tertiary/aromatic N) is 2. The number of hydrogen-bond acceptors (Lipinski definition) is 3. The Kier molecular flexibility index (Phi) is 4.25. The summed E-state index contributed by atoms with van der Waals surface area (Å²) in [5.41, 5.74) is 3.28. The number of aromatic nitrogens is 2. The molecular formula is C12H10Br2ClN3. The van der Waals surface area contributed by atoms with Gasteiger partial charge in [0.15, 0.2) is 0 Å². The largest absolute Gasteiger partial charge is 0.339 e. The van der Waals surface area contributed by atoms with Crippen LogP contribution in [0.1, 0.15) is 11.1 Å². The number of rotatable bonds is 2. The normalized spacial score (nSPS) is 10.5. The van der Waals surface area contributed by atoms with Crippen molar-refractivity contribution in [1.29, 1.82) is 0 Å². The van der Waals surface area contributed by atoms with Crippen molar-refractivity contribution in [2.75, 3.05) is 5.32 Å². The van der Waals surface area contributed by atoms with Crippen molar-refractivity contribution in [2.24, 2.45) is 0 Å². The first-order chi connectivity index (χ1) is 8.49. The number of anilines is 2. The van der Waals surface area contributed by atoms with E-state index >= 15 is 0 Å². The third-order valence-electron chi connectivity index (χ3n) is 2.45. The Bertz CT molecular complexity index is 579. The van der Waals surface area contributed by atoms with Crippen LogP contribution in [0.15, 0.2) is 27.4 Å². The van der Waals surface area contributed by atoms with Crippen LogP contribution in [0.5, 0.6) is 0 Å². The summed E-state index contributed by atoms with van der Waals surface area (Å²) in [7, 11) is 0. The van der Waals surface area contributed by atoms with Gasteiger partial charge in [0.1, 0.15) is 17.3 Å². The highest BCUT2D eigenvalue weighted by Crippen LogP contribution is 2.31. The van der Waals surface area contributed by atoms with E-state index < -0.39 is 0 Å². The average Bonchev–Trinajstić information content (AvgIpc) is 2.32.